The minimum Gasteiger partial charge on any atom is -0.331 e. The molecule has 108 valence electrons. The number of rotatable bonds is 3. The van der Waals surface area contributed by atoms with Crippen LogP contribution in [-0.4, -0.2) is 34.1 Å². The Bertz CT molecular complexity index is 688. The van der Waals surface area contributed by atoms with Crippen LogP contribution in [0.4, 0.5) is 4.39 Å². The number of halogens is 2. The van der Waals surface area contributed by atoms with Crippen molar-refractivity contribution in [3.05, 3.63) is 27.2 Å². The number of aromatic nitrogens is 2. The van der Waals surface area contributed by atoms with E-state index in [1.807, 2.05) is 4.57 Å². The maximum atomic E-state index is 13.8. The fourth-order valence-electron chi connectivity index (χ4n) is 2.98. The number of hydrogen-bond donors (Lipinski definition) is 1. The first-order valence-corrected chi connectivity index (χ1v) is 8.08. The molecule has 1 atom stereocenters. The highest BCUT2D eigenvalue weighted by Gasteiger charge is 2.18. The molecule has 1 aliphatic rings. The van der Waals surface area contributed by atoms with Gasteiger partial charge in [-0.05, 0) is 67.1 Å². The molecule has 0 aliphatic carbocycles. The summed E-state index contributed by atoms with van der Waals surface area (Å²) >= 11 is 8.62. The summed E-state index contributed by atoms with van der Waals surface area (Å²) in [6.45, 7) is 5.40. The van der Waals surface area contributed by atoms with E-state index in [9.17, 15) is 4.39 Å². The molecule has 2 heterocycles. The second-order valence-electron chi connectivity index (χ2n) is 5.44. The molecule has 1 unspecified atom stereocenters. The highest BCUT2D eigenvalue weighted by Crippen LogP contribution is 2.26. The van der Waals surface area contributed by atoms with Crippen molar-refractivity contribution in [3.8, 4) is 0 Å². The lowest BCUT2D eigenvalue weighted by atomic mass is 10.2. The quantitative estimate of drug-likeness (QED) is 0.829. The van der Waals surface area contributed by atoms with Gasteiger partial charge in [0.2, 0.25) is 0 Å². The van der Waals surface area contributed by atoms with Gasteiger partial charge in [-0.15, -0.1) is 0 Å². The number of aromatic amines is 1. The first-order chi connectivity index (χ1) is 9.56. The number of benzene rings is 1. The molecule has 0 bridgehead atoms. The van der Waals surface area contributed by atoms with Crippen LogP contribution in [0.5, 0.6) is 0 Å². The van der Waals surface area contributed by atoms with Gasteiger partial charge in [0, 0.05) is 18.7 Å². The first-order valence-electron chi connectivity index (χ1n) is 6.88. The SMILES string of the molecule is CC(CN1CCCC1)n1c(=S)[nH]c2cc(Br)c(F)cc21. The Morgan fingerprint density at radius 2 is 2.10 bits per heavy atom. The average Bonchev–Trinajstić information content (AvgIpc) is 2.97. The maximum Gasteiger partial charge on any atom is 0.178 e. The minimum absolute atomic E-state index is 0.231. The molecule has 0 saturated carbocycles. The van der Waals surface area contributed by atoms with Crippen molar-refractivity contribution in [2.75, 3.05) is 19.6 Å². The second-order valence-corrected chi connectivity index (χ2v) is 6.68. The molecule has 2 aromatic rings. The van der Waals surface area contributed by atoms with Gasteiger partial charge in [-0.2, -0.15) is 0 Å². The zero-order valence-corrected chi connectivity index (χ0v) is 13.7. The summed E-state index contributed by atoms with van der Waals surface area (Å²) in [4.78, 5) is 5.61. The molecule has 6 heteroatoms. The normalized spacial score (nSPS) is 17.9. The fourth-order valence-corrected chi connectivity index (χ4v) is 3.71. The van der Waals surface area contributed by atoms with E-state index in [2.05, 4.69) is 32.7 Å². The van der Waals surface area contributed by atoms with E-state index in [0.717, 1.165) is 30.7 Å². The highest BCUT2D eigenvalue weighted by atomic mass is 79.9. The maximum absolute atomic E-state index is 13.8. The van der Waals surface area contributed by atoms with Crippen LogP contribution in [0.2, 0.25) is 0 Å². The number of hydrogen-bond acceptors (Lipinski definition) is 2. The largest absolute Gasteiger partial charge is 0.331 e. The summed E-state index contributed by atoms with van der Waals surface area (Å²) in [6.07, 6.45) is 2.54. The molecule has 1 saturated heterocycles. The van der Waals surface area contributed by atoms with Gasteiger partial charge in [0.25, 0.3) is 0 Å². The van der Waals surface area contributed by atoms with Crippen molar-refractivity contribution in [2.24, 2.45) is 0 Å². The molecule has 0 radical (unpaired) electrons. The van der Waals surface area contributed by atoms with Gasteiger partial charge >= 0.3 is 0 Å². The third-order valence-corrected chi connectivity index (χ3v) is 4.83. The van der Waals surface area contributed by atoms with E-state index >= 15 is 0 Å². The van der Waals surface area contributed by atoms with Crippen molar-refractivity contribution in [2.45, 2.75) is 25.8 Å². The Hall–Kier alpha value is -0.720. The molecule has 1 aliphatic heterocycles. The van der Waals surface area contributed by atoms with Crippen LogP contribution in [-0.2, 0) is 0 Å². The lowest BCUT2D eigenvalue weighted by Gasteiger charge is -2.22. The molecular weight excluding hydrogens is 341 g/mol. The lowest BCUT2D eigenvalue weighted by Crippen LogP contribution is -2.27. The summed E-state index contributed by atoms with van der Waals surface area (Å²) in [5.41, 5.74) is 1.71. The first kappa shape index (κ1) is 14.2. The molecular formula is C14H17BrFN3S. The standard InChI is InChI=1S/C14H17BrFN3S/c1-9(8-18-4-2-3-5-18)19-13-7-11(16)10(15)6-12(13)17-14(19)20/h6-7,9H,2-5,8H2,1H3,(H,17,20). The van der Waals surface area contributed by atoms with Gasteiger partial charge in [0.15, 0.2) is 4.77 Å². The Morgan fingerprint density at radius 1 is 1.40 bits per heavy atom. The highest BCUT2D eigenvalue weighted by molar-refractivity contribution is 9.10. The number of nitrogens with one attached hydrogen (secondary N) is 1. The van der Waals surface area contributed by atoms with Crippen molar-refractivity contribution >= 4 is 39.2 Å². The summed E-state index contributed by atoms with van der Waals surface area (Å²) in [7, 11) is 0. The van der Waals surface area contributed by atoms with Gasteiger partial charge < -0.3 is 14.5 Å². The Morgan fingerprint density at radius 3 is 2.80 bits per heavy atom. The summed E-state index contributed by atoms with van der Waals surface area (Å²) in [5, 5.41) is 0. The number of likely N-dealkylation sites (tertiary alicyclic amines) is 1. The molecule has 1 aromatic carbocycles. The Balaban J connectivity index is 1.99. The topological polar surface area (TPSA) is 24.0 Å². The number of fused-ring (bicyclic) bond motifs is 1. The third-order valence-electron chi connectivity index (χ3n) is 3.92. The number of nitrogens with zero attached hydrogens (tertiary/aromatic N) is 2. The molecule has 1 aromatic heterocycles. The smallest absolute Gasteiger partial charge is 0.178 e. The van der Waals surface area contributed by atoms with Crippen LogP contribution >= 0.6 is 28.1 Å². The van der Waals surface area contributed by atoms with E-state index < -0.39 is 0 Å². The summed E-state index contributed by atoms with van der Waals surface area (Å²) in [6, 6.07) is 3.53. The molecule has 1 fully saturated rings. The molecule has 3 nitrogen and oxygen atoms in total. The zero-order valence-electron chi connectivity index (χ0n) is 11.3. The van der Waals surface area contributed by atoms with Crippen molar-refractivity contribution in [1.29, 1.82) is 0 Å². The Labute approximate surface area is 130 Å². The molecule has 0 amide bonds. The number of imidazole rings is 1. The van der Waals surface area contributed by atoms with E-state index in [1.54, 1.807) is 12.1 Å². The van der Waals surface area contributed by atoms with Crippen LogP contribution in [0.25, 0.3) is 11.0 Å². The number of H-pyrrole nitrogens is 1. The monoisotopic (exact) mass is 357 g/mol. The predicted octanol–water partition coefficient (Wildman–Crippen LogP) is 4.26. The van der Waals surface area contributed by atoms with Gasteiger partial charge in [0.1, 0.15) is 5.82 Å². The molecule has 20 heavy (non-hydrogen) atoms. The Kier molecular flexibility index (Phi) is 3.97. The molecule has 0 spiro atoms. The minimum atomic E-state index is -0.256. The third kappa shape index (κ3) is 2.56. The van der Waals surface area contributed by atoms with Gasteiger partial charge in [-0.3, -0.25) is 0 Å². The zero-order chi connectivity index (χ0) is 14.3. The van der Waals surface area contributed by atoms with Crippen molar-refractivity contribution in [1.82, 2.24) is 14.5 Å². The van der Waals surface area contributed by atoms with Crippen LogP contribution < -0.4 is 0 Å². The predicted molar refractivity (Wildman–Crippen MR) is 85.2 cm³/mol. The molecule has 3 rings (SSSR count). The summed E-state index contributed by atoms with van der Waals surface area (Å²) < 4.78 is 16.9. The van der Waals surface area contributed by atoms with Crippen LogP contribution in [0.15, 0.2) is 16.6 Å². The van der Waals surface area contributed by atoms with Gasteiger partial charge in [0.05, 0.1) is 15.5 Å². The van der Waals surface area contributed by atoms with E-state index in [4.69, 9.17) is 12.2 Å². The summed E-state index contributed by atoms with van der Waals surface area (Å²) in [5.74, 6) is -0.256. The average molecular weight is 358 g/mol. The van der Waals surface area contributed by atoms with E-state index in [1.165, 1.54) is 12.8 Å². The van der Waals surface area contributed by atoms with E-state index in [-0.39, 0.29) is 11.9 Å². The van der Waals surface area contributed by atoms with Crippen LogP contribution in [0, 0.1) is 10.6 Å². The molecule has 1 N–H and O–H groups in total. The van der Waals surface area contributed by atoms with Crippen LogP contribution in [0.1, 0.15) is 25.8 Å². The van der Waals surface area contributed by atoms with E-state index in [0.29, 0.717) is 9.24 Å². The van der Waals surface area contributed by atoms with Crippen molar-refractivity contribution < 1.29 is 4.39 Å². The van der Waals surface area contributed by atoms with Crippen LogP contribution in [0.3, 0.4) is 0 Å². The second kappa shape index (κ2) is 5.58. The lowest BCUT2D eigenvalue weighted by molar-refractivity contribution is 0.289. The van der Waals surface area contributed by atoms with Gasteiger partial charge in [-0.1, -0.05) is 0 Å². The van der Waals surface area contributed by atoms with Gasteiger partial charge in [-0.25, -0.2) is 4.39 Å². The van der Waals surface area contributed by atoms with Crippen molar-refractivity contribution in [3.63, 3.8) is 0 Å². The fraction of sp³-hybridized carbons (Fsp3) is 0.500.